The molecule has 0 aromatic carbocycles. The maximum absolute atomic E-state index is 3.87. The minimum Gasteiger partial charge on any atom is -0.311 e. The van der Waals surface area contributed by atoms with E-state index in [0.29, 0.717) is 5.54 Å². The second kappa shape index (κ2) is 5.13. The van der Waals surface area contributed by atoms with E-state index in [2.05, 4.69) is 24.1 Å². The van der Waals surface area contributed by atoms with Crippen LogP contribution in [-0.2, 0) is 0 Å². The summed E-state index contributed by atoms with van der Waals surface area (Å²) in [6.07, 6.45) is 10.0. The van der Waals surface area contributed by atoms with Crippen molar-refractivity contribution >= 4 is 0 Å². The molecule has 2 aliphatic carbocycles. The van der Waals surface area contributed by atoms with Crippen LogP contribution in [0.4, 0.5) is 0 Å². The van der Waals surface area contributed by atoms with Crippen molar-refractivity contribution in [1.82, 2.24) is 10.2 Å². The number of piperazine rings is 1. The number of hydrogen-bond donors (Lipinski definition) is 1. The predicted octanol–water partition coefficient (Wildman–Crippen LogP) is 3.03. The van der Waals surface area contributed by atoms with Crippen LogP contribution in [0.1, 0.15) is 58.8 Å². The van der Waals surface area contributed by atoms with E-state index in [1.54, 1.807) is 0 Å². The number of nitrogens with one attached hydrogen (secondary N) is 1. The molecule has 0 bridgehead atoms. The lowest BCUT2D eigenvalue weighted by Crippen LogP contribution is -2.65. The first-order valence-electron chi connectivity index (χ1n) is 8.22. The molecule has 0 spiro atoms. The first-order chi connectivity index (χ1) is 8.74. The van der Waals surface area contributed by atoms with Gasteiger partial charge in [0, 0.05) is 24.7 Å². The minimum atomic E-state index is 0.471. The Morgan fingerprint density at radius 2 is 1.94 bits per heavy atom. The summed E-state index contributed by atoms with van der Waals surface area (Å²) < 4.78 is 0. The predicted molar refractivity (Wildman–Crippen MR) is 76.7 cm³/mol. The minimum absolute atomic E-state index is 0.471. The van der Waals surface area contributed by atoms with Gasteiger partial charge < -0.3 is 5.32 Å². The molecule has 2 nitrogen and oxygen atoms in total. The molecule has 1 heterocycles. The molecule has 0 amide bonds. The number of hydrogen-bond acceptors (Lipinski definition) is 2. The van der Waals surface area contributed by atoms with Crippen molar-refractivity contribution in [2.45, 2.75) is 70.4 Å². The zero-order valence-electron chi connectivity index (χ0n) is 12.3. The van der Waals surface area contributed by atoms with E-state index in [1.807, 2.05) is 0 Å². The van der Waals surface area contributed by atoms with E-state index in [1.165, 1.54) is 64.6 Å². The second-order valence-electron chi connectivity index (χ2n) is 7.11. The van der Waals surface area contributed by atoms with E-state index < -0.39 is 0 Å². The highest BCUT2D eigenvalue weighted by Crippen LogP contribution is 2.45. The van der Waals surface area contributed by atoms with Crippen molar-refractivity contribution in [3.63, 3.8) is 0 Å². The maximum Gasteiger partial charge on any atom is 0.0334 e. The van der Waals surface area contributed by atoms with Crippen LogP contribution in [0.3, 0.4) is 0 Å². The fourth-order valence-electron chi connectivity index (χ4n) is 3.78. The normalized spacial score (nSPS) is 38.0. The zero-order valence-corrected chi connectivity index (χ0v) is 12.3. The van der Waals surface area contributed by atoms with E-state index >= 15 is 0 Å². The van der Waals surface area contributed by atoms with Gasteiger partial charge in [0.1, 0.15) is 0 Å². The highest BCUT2D eigenvalue weighted by atomic mass is 15.3. The fraction of sp³-hybridized carbons (Fsp3) is 1.00. The fourth-order valence-corrected chi connectivity index (χ4v) is 3.78. The molecule has 0 aromatic heterocycles. The SMILES string of the molecule is CCCCCN1CC(C2CC2)NCC1(C)C1CC1. The number of rotatable bonds is 6. The summed E-state index contributed by atoms with van der Waals surface area (Å²) in [5.41, 5.74) is 0.471. The molecule has 2 saturated carbocycles. The first kappa shape index (κ1) is 12.9. The summed E-state index contributed by atoms with van der Waals surface area (Å²) in [6.45, 7) is 8.73. The smallest absolute Gasteiger partial charge is 0.0334 e. The molecular formula is C16H30N2. The van der Waals surface area contributed by atoms with Crippen molar-refractivity contribution in [3.05, 3.63) is 0 Å². The quantitative estimate of drug-likeness (QED) is 0.729. The third-order valence-corrected chi connectivity index (χ3v) is 5.54. The van der Waals surface area contributed by atoms with Crippen LogP contribution < -0.4 is 5.32 Å². The molecule has 1 saturated heterocycles. The zero-order chi connectivity index (χ0) is 12.6. The van der Waals surface area contributed by atoms with Crippen LogP contribution in [0.25, 0.3) is 0 Å². The number of unbranched alkanes of at least 4 members (excludes halogenated alkanes) is 2. The molecule has 1 aliphatic heterocycles. The van der Waals surface area contributed by atoms with Gasteiger partial charge in [0.15, 0.2) is 0 Å². The molecule has 2 atom stereocenters. The van der Waals surface area contributed by atoms with Crippen LogP contribution in [-0.4, -0.2) is 36.1 Å². The highest BCUT2D eigenvalue weighted by Gasteiger charge is 2.49. The van der Waals surface area contributed by atoms with Crippen molar-refractivity contribution < 1.29 is 0 Å². The van der Waals surface area contributed by atoms with Gasteiger partial charge in [-0.1, -0.05) is 19.8 Å². The lowest BCUT2D eigenvalue weighted by molar-refractivity contribution is 0.0292. The summed E-state index contributed by atoms with van der Waals surface area (Å²) in [4.78, 5) is 2.86. The Labute approximate surface area is 113 Å². The Morgan fingerprint density at radius 1 is 1.17 bits per heavy atom. The molecule has 2 heteroatoms. The lowest BCUT2D eigenvalue weighted by Gasteiger charge is -2.49. The molecule has 3 fully saturated rings. The molecular weight excluding hydrogens is 220 g/mol. The van der Waals surface area contributed by atoms with Crippen LogP contribution in [0.15, 0.2) is 0 Å². The van der Waals surface area contributed by atoms with Gasteiger partial charge in [-0.05, 0) is 57.4 Å². The monoisotopic (exact) mass is 250 g/mol. The largest absolute Gasteiger partial charge is 0.311 e. The summed E-state index contributed by atoms with van der Waals surface area (Å²) in [5, 5.41) is 3.87. The van der Waals surface area contributed by atoms with Gasteiger partial charge in [-0.3, -0.25) is 4.90 Å². The van der Waals surface area contributed by atoms with Crippen molar-refractivity contribution in [2.24, 2.45) is 11.8 Å². The van der Waals surface area contributed by atoms with E-state index in [0.717, 1.165) is 17.9 Å². The Kier molecular flexibility index (Phi) is 3.68. The Morgan fingerprint density at radius 3 is 2.56 bits per heavy atom. The van der Waals surface area contributed by atoms with E-state index in [-0.39, 0.29) is 0 Å². The summed E-state index contributed by atoms with van der Waals surface area (Å²) in [7, 11) is 0. The van der Waals surface area contributed by atoms with Crippen LogP contribution in [0.5, 0.6) is 0 Å². The Hall–Kier alpha value is -0.0800. The molecule has 2 unspecified atom stereocenters. The van der Waals surface area contributed by atoms with E-state index in [9.17, 15) is 0 Å². The van der Waals surface area contributed by atoms with Gasteiger partial charge in [-0.15, -0.1) is 0 Å². The van der Waals surface area contributed by atoms with Gasteiger partial charge in [0.25, 0.3) is 0 Å². The molecule has 3 aliphatic rings. The van der Waals surface area contributed by atoms with Gasteiger partial charge in [0.2, 0.25) is 0 Å². The van der Waals surface area contributed by atoms with Gasteiger partial charge >= 0.3 is 0 Å². The third-order valence-electron chi connectivity index (χ3n) is 5.54. The van der Waals surface area contributed by atoms with E-state index in [4.69, 9.17) is 0 Å². The Balaban J connectivity index is 1.61. The Bertz CT molecular complexity index is 283. The average Bonchev–Trinajstić information content (AvgIpc) is 3.22. The first-order valence-corrected chi connectivity index (χ1v) is 8.22. The summed E-state index contributed by atoms with van der Waals surface area (Å²) >= 11 is 0. The maximum atomic E-state index is 3.87. The van der Waals surface area contributed by atoms with Gasteiger partial charge in [-0.2, -0.15) is 0 Å². The summed E-state index contributed by atoms with van der Waals surface area (Å²) in [5.74, 6) is 1.98. The molecule has 0 radical (unpaired) electrons. The van der Waals surface area contributed by atoms with Crippen molar-refractivity contribution in [1.29, 1.82) is 0 Å². The molecule has 18 heavy (non-hydrogen) atoms. The molecule has 0 aromatic rings. The van der Waals surface area contributed by atoms with Crippen LogP contribution in [0, 0.1) is 11.8 Å². The van der Waals surface area contributed by atoms with Crippen LogP contribution >= 0.6 is 0 Å². The molecule has 104 valence electrons. The highest BCUT2D eigenvalue weighted by molar-refractivity contribution is 5.06. The molecule has 1 N–H and O–H groups in total. The van der Waals surface area contributed by atoms with Crippen molar-refractivity contribution in [3.8, 4) is 0 Å². The lowest BCUT2D eigenvalue weighted by atomic mass is 9.88. The van der Waals surface area contributed by atoms with Gasteiger partial charge in [-0.25, -0.2) is 0 Å². The number of nitrogens with zero attached hydrogens (tertiary/aromatic N) is 1. The van der Waals surface area contributed by atoms with Gasteiger partial charge in [0.05, 0.1) is 0 Å². The summed E-state index contributed by atoms with van der Waals surface area (Å²) in [6, 6.07) is 0.804. The third kappa shape index (κ3) is 2.60. The van der Waals surface area contributed by atoms with Crippen molar-refractivity contribution in [2.75, 3.05) is 19.6 Å². The molecule has 3 rings (SSSR count). The second-order valence-corrected chi connectivity index (χ2v) is 7.11. The topological polar surface area (TPSA) is 15.3 Å². The standard InChI is InChI=1S/C16H30N2/c1-3-4-5-10-18-11-15(13-6-7-13)17-12-16(18,2)14-8-9-14/h13-15,17H,3-12H2,1-2H3. The van der Waals surface area contributed by atoms with Crippen LogP contribution in [0.2, 0.25) is 0 Å². The average molecular weight is 250 g/mol.